The van der Waals surface area contributed by atoms with Gasteiger partial charge in [0.2, 0.25) is 0 Å². The lowest BCUT2D eigenvalue weighted by Gasteiger charge is -2.30. The summed E-state index contributed by atoms with van der Waals surface area (Å²) in [4.78, 5) is 5.00. The topological polar surface area (TPSA) is 18.5 Å². The number of hydrogen-bond donors (Lipinski definition) is 1. The number of nitrogens with zero attached hydrogens (tertiary/aromatic N) is 2. The van der Waals surface area contributed by atoms with E-state index in [1.54, 1.807) is 0 Å². The normalized spacial score (nSPS) is 29.0. The van der Waals surface area contributed by atoms with Crippen molar-refractivity contribution in [1.29, 1.82) is 0 Å². The molecule has 1 fully saturated rings. The van der Waals surface area contributed by atoms with E-state index in [9.17, 15) is 0 Å². The maximum Gasteiger partial charge on any atom is 0.0232 e. The molecule has 1 rings (SSSR count). The molecule has 1 unspecified atom stereocenters. The summed E-state index contributed by atoms with van der Waals surface area (Å²) in [6.45, 7) is 9.44. The first-order chi connectivity index (χ1) is 6.94. The smallest absolute Gasteiger partial charge is 0.0232 e. The number of hydrogen-bond acceptors (Lipinski definition) is 3. The van der Waals surface area contributed by atoms with Gasteiger partial charge >= 0.3 is 0 Å². The van der Waals surface area contributed by atoms with Gasteiger partial charge in [-0.15, -0.1) is 0 Å². The second-order valence-corrected chi connectivity index (χ2v) is 5.82. The summed E-state index contributed by atoms with van der Waals surface area (Å²) in [7, 11) is 6.54. The molecule has 0 spiro atoms. The average Bonchev–Trinajstić information content (AvgIpc) is 2.18. The maximum absolute atomic E-state index is 3.25. The molecule has 1 heterocycles. The summed E-state index contributed by atoms with van der Waals surface area (Å²) in [5.41, 5.74) is 0.415. The summed E-state index contributed by atoms with van der Waals surface area (Å²) in [5.74, 6) is 0. The van der Waals surface area contributed by atoms with E-state index in [4.69, 9.17) is 0 Å². The maximum atomic E-state index is 3.25. The van der Waals surface area contributed by atoms with Gasteiger partial charge in [-0.25, -0.2) is 0 Å². The van der Waals surface area contributed by atoms with Crippen LogP contribution in [-0.2, 0) is 0 Å². The second-order valence-electron chi connectivity index (χ2n) is 5.82. The molecule has 1 N–H and O–H groups in total. The van der Waals surface area contributed by atoms with E-state index in [0.717, 1.165) is 6.54 Å². The summed E-state index contributed by atoms with van der Waals surface area (Å²) < 4.78 is 0. The van der Waals surface area contributed by atoms with E-state index in [1.165, 1.54) is 26.1 Å². The van der Waals surface area contributed by atoms with Crippen molar-refractivity contribution >= 4 is 0 Å². The fraction of sp³-hybridized carbons (Fsp3) is 1.00. The number of nitrogens with one attached hydrogen (secondary N) is 1. The van der Waals surface area contributed by atoms with Gasteiger partial charge in [-0.1, -0.05) is 13.8 Å². The Labute approximate surface area is 94.8 Å². The number of likely N-dealkylation sites (N-methyl/N-ethyl adjacent to an activating group) is 2. The van der Waals surface area contributed by atoms with Crippen molar-refractivity contribution < 1.29 is 0 Å². The SMILES string of the molecule is CNCCC1CN(C)CC(C)(C)CN1C. The zero-order valence-electron chi connectivity index (χ0n) is 11.0. The van der Waals surface area contributed by atoms with Crippen molar-refractivity contribution in [2.75, 3.05) is 47.3 Å². The van der Waals surface area contributed by atoms with E-state index in [0.29, 0.717) is 11.5 Å². The molecule has 3 nitrogen and oxygen atoms in total. The highest BCUT2D eigenvalue weighted by Gasteiger charge is 2.30. The first-order valence-corrected chi connectivity index (χ1v) is 5.98. The Morgan fingerprint density at radius 2 is 1.93 bits per heavy atom. The molecule has 15 heavy (non-hydrogen) atoms. The first-order valence-electron chi connectivity index (χ1n) is 5.98. The highest BCUT2D eigenvalue weighted by Crippen LogP contribution is 2.23. The lowest BCUT2D eigenvalue weighted by Crippen LogP contribution is -2.40. The van der Waals surface area contributed by atoms with E-state index >= 15 is 0 Å². The van der Waals surface area contributed by atoms with Gasteiger partial charge in [0.1, 0.15) is 0 Å². The van der Waals surface area contributed by atoms with Crippen LogP contribution in [0.25, 0.3) is 0 Å². The van der Waals surface area contributed by atoms with Gasteiger partial charge in [-0.05, 0) is 39.5 Å². The van der Waals surface area contributed by atoms with Crippen LogP contribution in [0.5, 0.6) is 0 Å². The van der Waals surface area contributed by atoms with E-state index in [-0.39, 0.29) is 0 Å². The lowest BCUT2D eigenvalue weighted by atomic mass is 9.93. The zero-order chi connectivity index (χ0) is 11.5. The van der Waals surface area contributed by atoms with Crippen LogP contribution in [0, 0.1) is 5.41 Å². The van der Waals surface area contributed by atoms with Gasteiger partial charge in [-0.3, -0.25) is 0 Å². The Morgan fingerprint density at radius 3 is 2.53 bits per heavy atom. The second kappa shape index (κ2) is 5.28. The molecular weight excluding hydrogens is 186 g/mol. The van der Waals surface area contributed by atoms with Crippen LogP contribution in [0.2, 0.25) is 0 Å². The molecule has 1 aliphatic heterocycles. The first kappa shape index (κ1) is 12.9. The zero-order valence-corrected chi connectivity index (χ0v) is 11.0. The van der Waals surface area contributed by atoms with Gasteiger partial charge in [0.05, 0.1) is 0 Å². The molecule has 90 valence electrons. The van der Waals surface area contributed by atoms with E-state index < -0.39 is 0 Å². The van der Waals surface area contributed by atoms with Crippen LogP contribution >= 0.6 is 0 Å². The minimum Gasteiger partial charge on any atom is -0.320 e. The van der Waals surface area contributed by atoms with Crippen molar-refractivity contribution in [1.82, 2.24) is 15.1 Å². The fourth-order valence-electron chi connectivity index (χ4n) is 2.77. The quantitative estimate of drug-likeness (QED) is 0.750. The highest BCUT2D eigenvalue weighted by atomic mass is 15.2. The van der Waals surface area contributed by atoms with E-state index in [1.807, 2.05) is 7.05 Å². The predicted molar refractivity (Wildman–Crippen MR) is 66.2 cm³/mol. The molecule has 1 saturated heterocycles. The Hall–Kier alpha value is -0.120. The molecule has 0 radical (unpaired) electrons. The van der Waals surface area contributed by atoms with Crippen LogP contribution in [-0.4, -0.2) is 63.2 Å². The highest BCUT2D eigenvalue weighted by molar-refractivity contribution is 4.85. The van der Waals surface area contributed by atoms with Gasteiger partial charge in [0.25, 0.3) is 0 Å². The van der Waals surface area contributed by atoms with Crippen LogP contribution < -0.4 is 5.32 Å². The van der Waals surface area contributed by atoms with Crippen molar-refractivity contribution in [3.05, 3.63) is 0 Å². The molecule has 0 amide bonds. The minimum atomic E-state index is 0.415. The van der Waals surface area contributed by atoms with Gasteiger partial charge in [0.15, 0.2) is 0 Å². The van der Waals surface area contributed by atoms with Crippen molar-refractivity contribution in [2.24, 2.45) is 5.41 Å². The molecule has 0 aliphatic carbocycles. The van der Waals surface area contributed by atoms with Crippen LogP contribution in [0.1, 0.15) is 20.3 Å². The largest absolute Gasteiger partial charge is 0.320 e. The predicted octanol–water partition coefficient (Wildman–Crippen LogP) is 0.868. The molecule has 0 saturated carbocycles. The molecular formula is C12H27N3. The molecule has 0 bridgehead atoms. The third-order valence-corrected chi connectivity index (χ3v) is 3.25. The summed E-state index contributed by atoms with van der Waals surface area (Å²) in [6.07, 6.45) is 1.24. The molecule has 0 aromatic carbocycles. The van der Waals surface area contributed by atoms with Crippen molar-refractivity contribution in [3.8, 4) is 0 Å². The van der Waals surface area contributed by atoms with Crippen LogP contribution in [0.4, 0.5) is 0 Å². The van der Waals surface area contributed by atoms with Crippen LogP contribution in [0.3, 0.4) is 0 Å². The Balaban J connectivity index is 2.57. The van der Waals surface area contributed by atoms with Crippen LogP contribution in [0.15, 0.2) is 0 Å². The van der Waals surface area contributed by atoms with Crippen molar-refractivity contribution in [3.63, 3.8) is 0 Å². The number of rotatable bonds is 3. The Bertz CT molecular complexity index is 191. The molecule has 1 atom stereocenters. The Kier molecular flexibility index (Phi) is 4.56. The van der Waals surface area contributed by atoms with Crippen molar-refractivity contribution in [2.45, 2.75) is 26.3 Å². The summed E-state index contributed by atoms with van der Waals surface area (Å²) in [5, 5.41) is 3.25. The van der Waals surface area contributed by atoms with Gasteiger partial charge < -0.3 is 15.1 Å². The third kappa shape index (κ3) is 4.09. The molecule has 0 aromatic heterocycles. The van der Waals surface area contributed by atoms with Gasteiger partial charge in [0, 0.05) is 25.7 Å². The lowest BCUT2D eigenvalue weighted by molar-refractivity contribution is 0.186. The fourth-order valence-corrected chi connectivity index (χ4v) is 2.77. The summed E-state index contributed by atoms with van der Waals surface area (Å²) in [6, 6.07) is 0.698. The standard InChI is InChI=1S/C12H27N3/c1-12(2)9-14(4)8-11(6-7-13-3)15(5)10-12/h11,13H,6-10H2,1-5H3. The molecule has 1 aliphatic rings. The monoisotopic (exact) mass is 213 g/mol. The summed E-state index contributed by atoms with van der Waals surface area (Å²) >= 11 is 0. The average molecular weight is 213 g/mol. The third-order valence-electron chi connectivity index (χ3n) is 3.25. The van der Waals surface area contributed by atoms with Gasteiger partial charge in [-0.2, -0.15) is 0 Å². The Morgan fingerprint density at radius 1 is 1.27 bits per heavy atom. The molecule has 3 heteroatoms. The molecule has 0 aromatic rings. The van der Waals surface area contributed by atoms with E-state index in [2.05, 4.69) is 43.1 Å². The minimum absolute atomic E-state index is 0.415.